The van der Waals surface area contributed by atoms with E-state index in [9.17, 15) is 19.5 Å². The lowest BCUT2D eigenvalue weighted by molar-refractivity contribution is -0.157. The number of amides is 2. The Bertz CT molecular complexity index is 964. The highest BCUT2D eigenvalue weighted by atomic mass is 16.6. The van der Waals surface area contributed by atoms with Gasteiger partial charge in [0.05, 0.1) is 44.5 Å². The van der Waals surface area contributed by atoms with Gasteiger partial charge in [-0.1, -0.05) is 44.6 Å². The summed E-state index contributed by atoms with van der Waals surface area (Å²) in [5, 5.41) is 10.5. The van der Waals surface area contributed by atoms with Crippen molar-refractivity contribution in [1.82, 2.24) is 14.7 Å². The van der Waals surface area contributed by atoms with Crippen molar-refractivity contribution in [3.63, 3.8) is 0 Å². The zero-order chi connectivity index (χ0) is 26.9. The number of aliphatic hydroxyl groups excluding tert-OH is 1. The van der Waals surface area contributed by atoms with E-state index < -0.39 is 41.6 Å². The van der Waals surface area contributed by atoms with Crippen LogP contribution < -0.4 is 0 Å². The highest BCUT2D eigenvalue weighted by Crippen LogP contribution is 2.54. The smallest absolute Gasteiger partial charge is 0.312 e. The molecule has 0 aromatic rings. The van der Waals surface area contributed by atoms with E-state index in [1.165, 1.54) is 0 Å². The first-order valence-electron chi connectivity index (χ1n) is 14.1. The monoisotopic (exact) mass is 531 g/mol. The summed E-state index contributed by atoms with van der Waals surface area (Å²) in [6.45, 7) is 8.58. The number of esters is 1. The number of allylic oxidation sites excluding steroid dienone is 1. The Morgan fingerprint density at radius 2 is 1.89 bits per heavy atom. The van der Waals surface area contributed by atoms with Crippen LogP contribution in [0, 0.1) is 17.8 Å². The number of fused-ring (bicyclic) bond motifs is 2. The summed E-state index contributed by atoms with van der Waals surface area (Å²) in [6.07, 6.45) is 9.09. The van der Waals surface area contributed by atoms with Crippen LogP contribution in [0.25, 0.3) is 0 Å². The minimum Gasteiger partial charge on any atom is -0.465 e. The maximum atomic E-state index is 14.4. The van der Waals surface area contributed by atoms with Gasteiger partial charge in [-0.05, 0) is 18.8 Å². The molecular formula is C28H41N3O7. The van der Waals surface area contributed by atoms with Crippen LogP contribution in [0.4, 0.5) is 0 Å². The molecule has 0 radical (unpaired) electrons. The first-order chi connectivity index (χ1) is 18.4. The van der Waals surface area contributed by atoms with Crippen molar-refractivity contribution in [2.45, 2.75) is 56.9 Å². The minimum atomic E-state index is -1.30. The Labute approximate surface area is 224 Å². The lowest BCUT2D eigenvalue weighted by Gasteiger charge is -2.40. The summed E-state index contributed by atoms with van der Waals surface area (Å²) in [5.41, 5.74) is -1.30. The number of cyclic esters (lactones) is 1. The molecule has 210 valence electrons. The Balaban J connectivity index is 1.53. The van der Waals surface area contributed by atoms with Gasteiger partial charge in [-0.2, -0.15) is 0 Å². The fraction of sp³-hybridized carbons (Fsp3) is 0.750. The minimum absolute atomic E-state index is 0.0511. The molecule has 38 heavy (non-hydrogen) atoms. The average Bonchev–Trinajstić information content (AvgIpc) is 3.34. The molecular weight excluding hydrogens is 490 g/mol. The fourth-order valence-electron chi connectivity index (χ4n) is 6.70. The van der Waals surface area contributed by atoms with E-state index in [2.05, 4.69) is 4.90 Å². The zero-order valence-electron chi connectivity index (χ0n) is 22.5. The number of carbonyl (C=O) groups excluding carboxylic acids is 3. The summed E-state index contributed by atoms with van der Waals surface area (Å²) in [5.74, 6) is -2.78. The van der Waals surface area contributed by atoms with E-state index in [1.54, 1.807) is 9.80 Å². The normalized spacial score (nSPS) is 36.3. The molecule has 5 aliphatic heterocycles. The molecule has 5 heterocycles. The van der Waals surface area contributed by atoms with Gasteiger partial charge in [0.1, 0.15) is 17.6 Å². The van der Waals surface area contributed by atoms with E-state index in [1.807, 2.05) is 38.2 Å². The Morgan fingerprint density at radius 1 is 1.11 bits per heavy atom. The van der Waals surface area contributed by atoms with Gasteiger partial charge < -0.3 is 29.1 Å². The molecule has 7 atom stereocenters. The number of hydrogen-bond donors (Lipinski definition) is 1. The van der Waals surface area contributed by atoms with Crippen LogP contribution in [0.1, 0.15) is 33.1 Å². The van der Waals surface area contributed by atoms with Crippen molar-refractivity contribution in [2.24, 2.45) is 17.8 Å². The van der Waals surface area contributed by atoms with Gasteiger partial charge in [0.25, 0.3) is 0 Å². The van der Waals surface area contributed by atoms with Gasteiger partial charge in [-0.25, -0.2) is 0 Å². The van der Waals surface area contributed by atoms with Gasteiger partial charge >= 0.3 is 5.97 Å². The molecule has 1 spiro atoms. The molecule has 2 amide bonds. The van der Waals surface area contributed by atoms with Crippen LogP contribution in [-0.2, 0) is 28.6 Å². The second-order valence-corrected chi connectivity index (χ2v) is 11.1. The lowest BCUT2D eigenvalue weighted by atomic mass is 9.78. The van der Waals surface area contributed by atoms with Crippen molar-refractivity contribution in [1.29, 1.82) is 0 Å². The third-order valence-corrected chi connectivity index (χ3v) is 9.01. The number of morpholine rings is 1. The van der Waals surface area contributed by atoms with E-state index in [4.69, 9.17) is 14.2 Å². The topological polar surface area (TPSA) is 109 Å². The van der Waals surface area contributed by atoms with Gasteiger partial charge in [0.2, 0.25) is 11.8 Å². The molecule has 0 bridgehead atoms. The molecule has 0 aromatic carbocycles. The standard InChI is InChI=1S/C28H41N3O7/c1-3-19(2)20(18-32)31-24-26(34)30(12-11-29-13-16-36-17-14-29)10-7-9-28(24)23(25(31)33)22-21(38-28)8-5-4-6-15-37-27(22)35/h5,7-9,19-24,32H,3-4,6,10-18H2,1-2H3/b8-5-/t19-,20-,21-,22+,23-,24?,28-/m0/s1. The molecule has 5 aliphatic rings. The van der Waals surface area contributed by atoms with Crippen LogP contribution in [0.2, 0.25) is 0 Å². The largest absolute Gasteiger partial charge is 0.465 e. The van der Waals surface area contributed by atoms with E-state index in [0.29, 0.717) is 39.3 Å². The fourth-order valence-corrected chi connectivity index (χ4v) is 6.70. The first-order valence-corrected chi connectivity index (χ1v) is 14.1. The summed E-state index contributed by atoms with van der Waals surface area (Å²) >= 11 is 0. The third kappa shape index (κ3) is 4.69. The maximum absolute atomic E-state index is 14.4. The molecule has 3 saturated heterocycles. The van der Waals surface area contributed by atoms with Crippen molar-refractivity contribution in [2.75, 3.05) is 59.2 Å². The lowest BCUT2D eigenvalue weighted by Crippen LogP contribution is -2.59. The van der Waals surface area contributed by atoms with Crippen LogP contribution >= 0.6 is 0 Å². The molecule has 10 heteroatoms. The van der Waals surface area contributed by atoms with Crippen molar-refractivity contribution < 1.29 is 33.7 Å². The molecule has 0 aliphatic carbocycles. The number of ether oxygens (including phenoxy) is 3. The molecule has 1 N–H and O–H groups in total. The summed E-state index contributed by atoms with van der Waals surface area (Å²) in [4.78, 5) is 47.6. The van der Waals surface area contributed by atoms with E-state index in [0.717, 1.165) is 25.9 Å². The molecule has 3 fully saturated rings. The van der Waals surface area contributed by atoms with Gasteiger partial charge in [0.15, 0.2) is 0 Å². The molecule has 0 saturated carbocycles. The highest BCUT2D eigenvalue weighted by molar-refractivity contribution is 5.99. The Hall–Kier alpha value is -2.27. The molecule has 5 rings (SSSR count). The molecule has 1 unspecified atom stereocenters. The number of hydrogen-bond acceptors (Lipinski definition) is 8. The van der Waals surface area contributed by atoms with Crippen molar-refractivity contribution in [3.05, 3.63) is 24.3 Å². The number of nitrogens with zero attached hydrogens (tertiary/aromatic N) is 3. The Kier molecular flexibility index (Phi) is 8.23. The van der Waals surface area contributed by atoms with Crippen LogP contribution in [0.3, 0.4) is 0 Å². The SMILES string of the molecule is CC[C@H](C)[C@H](CO)N1C(=O)[C@@H]2[C@@H]3C(=O)OCCC/C=C\[C@@H]3O[C@@]23C=CCN(CCN2CCOCC2)C(=O)C13. The number of carbonyl (C=O) groups is 3. The summed E-state index contributed by atoms with van der Waals surface area (Å²) in [6, 6.07) is -1.53. The summed E-state index contributed by atoms with van der Waals surface area (Å²) < 4.78 is 17.7. The van der Waals surface area contributed by atoms with Crippen molar-refractivity contribution >= 4 is 17.8 Å². The number of rotatable bonds is 7. The van der Waals surface area contributed by atoms with E-state index >= 15 is 0 Å². The van der Waals surface area contributed by atoms with Crippen LogP contribution in [-0.4, -0.2) is 121 Å². The highest BCUT2D eigenvalue weighted by Gasteiger charge is 2.72. The second-order valence-electron chi connectivity index (χ2n) is 11.1. The number of aliphatic hydroxyl groups is 1. The quantitative estimate of drug-likeness (QED) is 0.376. The Morgan fingerprint density at radius 3 is 2.63 bits per heavy atom. The first kappa shape index (κ1) is 27.3. The third-order valence-electron chi connectivity index (χ3n) is 9.01. The predicted molar refractivity (Wildman–Crippen MR) is 138 cm³/mol. The summed E-state index contributed by atoms with van der Waals surface area (Å²) in [7, 11) is 0. The average molecular weight is 532 g/mol. The molecule has 0 aromatic heterocycles. The maximum Gasteiger partial charge on any atom is 0.312 e. The van der Waals surface area contributed by atoms with Gasteiger partial charge in [0, 0.05) is 32.7 Å². The van der Waals surface area contributed by atoms with Gasteiger partial charge in [-0.3, -0.25) is 19.3 Å². The number of likely N-dealkylation sites (tertiary alicyclic amines) is 1. The van der Waals surface area contributed by atoms with Gasteiger partial charge in [-0.15, -0.1) is 0 Å². The van der Waals surface area contributed by atoms with E-state index in [-0.39, 0.29) is 30.9 Å². The van der Waals surface area contributed by atoms with Crippen molar-refractivity contribution in [3.8, 4) is 0 Å². The predicted octanol–water partition coefficient (Wildman–Crippen LogP) is 0.598. The van der Waals surface area contributed by atoms with Crippen LogP contribution in [0.5, 0.6) is 0 Å². The van der Waals surface area contributed by atoms with Crippen LogP contribution in [0.15, 0.2) is 24.3 Å². The molecule has 10 nitrogen and oxygen atoms in total. The zero-order valence-corrected chi connectivity index (χ0v) is 22.5. The second kappa shape index (κ2) is 11.5.